The van der Waals surface area contributed by atoms with Crippen molar-refractivity contribution in [3.05, 3.63) is 39.8 Å². The van der Waals surface area contributed by atoms with Gasteiger partial charge in [0.05, 0.1) is 12.3 Å². The number of hydrogen-bond donors (Lipinski definition) is 1. The summed E-state index contributed by atoms with van der Waals surface area (Å²) in [4.78, 5) is 4.47. The quantitative estimate of drug-likeness (QED) is 0.946. The first-order chi connectivity index (χ1) is 8.54. The van der Waals surface area contributed by atoms with Gasteiger partial charge in [-0.25, -0.2) is 4.98 Å². The Kier molecular flexibility index (Phi) is 3.88. The highest BCUT2D eigenvalue weighted by Crippen LogP contribution is 2.31. The number of aliphatic hydroxyl groups is 1. The summed E-state index contributed by atoms with van der Waals surface area (Å²) in [6.45, 7) is 4.30. The zero-order chi connectivity index (χ0) is 13.3. The van der Waals surface area contributed by atoms with E-state index in [4.69, 9.17) is 5.11 Å². The highest BCUT2D eigenvalue weighted by Gasteiger charge is 2.15. The maximum atomic E-state index is 9.04. The molecule has 0 unspecified atom stereocenters. The molecule has 96 valence electrons. The summed E-state index contributed by atoms with van der Waals surface area (Å²) >= 11 is 3.52. The average Bonchev–Trinajstić information content (AvgIpc) is 2.59. The predicted octanol–water partition coefficient (Wildman–Crippen LogP) is 3.00. The first kappa shape index (κ1) is 13.3. The normalized spacial score (nSPS) is 10.9. The van der Waals surface area contributed by atoms with Crippen molar-refractivity contribution in [1.29, 1.82) is 0 Å². The van der Waals surface area contributed by atoms with E-state index in [9.17, 15) is 0 Å². The Morgan fingerprint density at radius 1 is 1.33 bits per heavy atom. The van der Waals surface area contributed by atoms with Crippen LogP contribution in [0.15, 0.2) is 22.8 Å². The molecule has 2 aromatic rings. The van der Waals surface area contributed by atoms with Gasteiger partial charge in [-0.1, -0.05) is 17.7 Å². The summed E-state index contributed by atoms with van der Waals surface area (Å²) in [5, 5.41) is 9.04. The van der Waals surface area contributed by atoms with Crippen LogP contribution in [-0.2, 0) is 13.5 Å². The fourth-order valence-corrected chi connectivity index (χ4v) is 2.80. The minimum Gasteiger partial charge on any atom is -0.396 e. The summed E-state index contributed by atoms with van der Waals surface area (Å²) in [7, 11) is 1.99. The molecule has 0 spiro atoms. The molecule has 0 aliphatic heterocycles. The van der Waals surface area contributed by atoms with Crippen molar-refractivity contribution in [3.8, 4) is 11.3 Å². The lowest BCUT2D eigenvalue weighted by molar-refractivity contribution is 0.295. The average molecular weight is 309 g/mol. The number of hydrogen-bond acceptors (Lipinski definition) is 2. The van der Waals surface area contributed by atoms with Crippen LogP contribution in [0.25, 0.3) is 11.3 Å². The molecule has 0 aliphatic rings. The molecule has 0 amide bonds. The second kappa shape index (κ2) is 5.24. The van der Waals surface area contributed by atoms with E-state index in [0.717, 1.165) is 16.1 Å². The Bertz CT molecular complexity index is 575. The molecule has 0 radical (unpaired) electrons. The van der Waals surface area contributed by atoms with Gasteiger partial charge in [-0.3, -0.25) is 0 Å². The number of nitrogens with zero attached hydrogens (tertiary/aromatic N) is 2. The number of rotatable bonds is 3. The van der Waals surface area contributed by atoms with E-state index >= 15 is 0 Å². The second-order valence-corrected chi connectivity index (χ2v) is 5.27. The van der Waals surface area contributed by atoms with Crippen LogP contribution in [0, 0.1) is 13.8 Å². The SMILES string of the molecule is Cc1ccc(C)c(-c2c(Br)nc(CCO)n2C)c1. The fourth-order valence-electron chi connectivity index (χ4n) is 2.12. The van der Waals surface area contributed by atoms with E-state index in [-0.39, 0.29) is 6.61 Å². The lowest BCUT2D eigenvalue weighted by Gasteiger charge is -2.10. The van der Waals surface area contributed by atoms with Crippen LogP contribution in [0.2, 0.25) is 0 Å². The third-order valence-corrected chi connectivity index (χ3v) is 3.68. The Hall–Kier alpha value is -1.13. The van der Waals surface area contributed by atoms with Gasteiger partial charge in [0, 0.05) is 19.0 Å². The number of aromatic nitrogens is 2. The van der Waals surface area contributed by atoms with Crippen LogP contribution in [0.1, 0.15) is 17.0 Å². The van der Waals surface area contributed by atoms with Gasteiger partial charge >= 0.3 is 0 Å². The Morgan fingerprint density at radius 2 is 2.06 bits per heavy atom. The van der Waals surface area contributed by atoms with E-state index in [1.165, 1.54) is 16.7 Å². The maximum Gasteiger partial charge on any atom is 0.132 e. The van der Waals surface area contributed by atoms with Crippen molar-refractivity contribution in [2.75, 3.05) is 6.61 Å². The van der Waals surface area contributed by atoms with Gasteiger partial charge in [0.1, 0.15) is 10.4 Å². The van der Waals surface area contributed by atoms with Gasteiger partial charge in [0.2, 0.25) is 0 Å². The third kappa shape index (κ3) is 2.35. The summed E-state index contributed by atoms with van der Waals surface area (Å²) in [5.41, 5.74) is 4.70. The summed E-state index contributed by atoms with van der Waals surface area (Å²) in [6, 6.07) is 6.40. The molecule has 1 N–H and O–H groups in total. The molecule has 0 aliphatic carbocycles. The van der Waals surface area contributed by atoms with E-state index < -0.39 is 0 Å². The summed E-state index contributed by atoms with van der Waals surface area (Å²) in [5.74, 6) is 0.889. The van der Waals surface area contributed by atoms with Crippen molar-refractivity contribution in [3.63, 3.8) is 0 Å². The van der Waals surface area contributed by atoms with E-state index in [1.54, 1.807) is 0 Å². The summed E-state index contributed by atoms with van der Waals surface area (Å²) < 4.78 is 2.88. The van der Waals surface area contributed by atoms with Crippen LogP contribution in [-0.4, -0.2) is 21.3 Å². The van der Waals surface area contributed by atoms with Crippen LogP contribution in [0.5, 0.6) is 0 Å². The molecule has 3 nitrogen and oxygen atoms in total. The smallest absolute Gasteiger partial charge is 0.132 e. The number of benzene rings is 1. The lowest BCUT2D eigenvalue weighted by atomic mass is 10.0. The van der Waals surface area contributed by atoms with Gasteiger partial charge in [0.15, 0.2) is 0 Å². The minimum atomic E-state index is 0.115. The van der Waals surface area contributed by atoms with Crippen molar-refractivity contribution >= 4 is 15.9 Å². The Labute approximate surface area is 116 Å². The third-order valence-electron chi connectivity index (χ3n) is 3.13. The molecule has 2 rings (SSSR count). The van der Waals surface area contributed by atoms with Crippen LogP contribution < -0.4 is 0 Å². The Balaban J connectivity index is 2.60. The largest absolute Gasteiger partial charge is 0.396 e. The van der Waals surface area contributed by atoms with Crippen molar-refractivity contribution < 1.29 is 5.11 Å². The molecular weight excluding hydrogens is 292 g/mol. The monoisotopic (exact) mass is 308 g/mol. The molecule has 1 aromatic carbocycles. The van der Waals surface area contributed by atoms with Gasteiger partial charge < -0.3 is 9.67 Å². The predicted molar refractivity (Wildman–Crippen MR) is 76.6 cm³/mol. The van der Waals surface area contributed by atoms with Gasteiger partial charge in [-0.15, -0.1) is 0 Å². The molecule has 1 aromatic heterocycles. The van der Waals surface area contributed by atoms with Crippen LogP contribution in [0.3, 0.4) is 0 Å². The zero-order valence-electron chi connectivity index (χ0n) is 10.9. The first-order valence-electron chi connectivity index (χ1n) is 5.94. The number of imidazole rings is 1. The highest BCUT2D eigenvalue weighted by molar-refractivity contribution is 9.10. The Morgan fingerprint density at radius 3 is 2.72 bits per heavy atom. The lowest BCUT2D eigenvalue weighted by Crippen LogP contribution is -2.02. The van der Waals surface area contributed by atoms with Crippen molar-refractivity contribution in [2.24, 2.45) is 7.05 Å². The molecular formula is C14H17BrN2O. The molecule has 0 fully saturated rings. The van der Waals surface area contributed by atoms with Crippen molar-refractivity contribution in [2.45, 2.75) is 20.3 Å². The second-order valence-electron chi connectivity index (χ2n) is 4.52. The summed E-state index contributed by atoms with van der Waals surface area (Å²) in [6.07, 6.45) is 0.569. The van der Waals surface area contributed by atoms with Crippen LogP contribution in [0.4, 0.5) is 0 Å². The van der Waals surface area contributed by atoms with Gasteiger partial charge in [-0.2, -0.15) is 0 Å². The molecule has 0 saturated carbocycles. The fraction of sp³-hybridized carbons (Fsp3) is 0.357. The maximum absolute atomic E-state index is 9.04. The van der Waals surface area contributed by atoms with Crippen molar-refractivity contribution in [1.82, 2.24) is 9.55 Å². The van der Waals surface area contributed by atoms with Gasteiger partial charge in [-0.05, 0) is 41.4 Å². The van der Waals surface area contributed by atoms with E-state index in [1.807, 2.05) is 11.6 Å². The highest BCUT2D eigenvalue weighted by atomic mass is 79.9. The standard InChI is InChI=1S/C14H17BrN2O/c1-9-4-5-10(2)11(8-9)13-14(15)16-12(6-7-18)17(13)3/h4-5,8,18H,6-7H2,1-3H3. The number of aryl methyl sites for hydroxylation is 2. The zero-order valence-corrected chi connectivity index (χ0v) is 12.5. The van der Waals surface area contributed by atoms with Crippen LogP contribution >= 0.6 is 15.9 Å². The molecule has 1 heterocycles. The van der Waals surface area contributed by atoms with E-state index in [0.29, 0.717) is 6.42 Å². The number of aliphatic hydroxyl groups excluding tert-OH is 1. The first-order valence-corrected chi connectivity index (χ1v) is 6.73. The molecule has 0 bridgehead atoms. The molecule has 4 heteroatoms. The number of halogens is 1. The van der Waals surface area contributed by atoms with Gasteiger partial charge in [0.25, 0.3) is 0 Å². The minimum absolute atomic E-state index is 0.115. The topological polar surface area (TPSA) is 38.1 Å². The molecule has 18 heavy (non-hydrogen) atoms. The molecule has 0 saturated heterocycles. The van der Waals surface area contributed by atoms with E-state index in [2.05, 4.69) is 53.0 Å². The molecule has 0 atom stereocenters.